The summed E-state index contributed by atoms with van der Waals surface area (Å²) >= 11 is 5.16. The van der Waals surface area contributed by atoms with Crippen LogP contribution in [0.5, 0.6) is 0 Å². The van der Waals surface area contributed by atoms with Crippen molar-refractivity contribution in [2.45, 2.75) is 26.2 Å². The number of methoxy groups -OCH3 is 1. The number of hydrogen-bond acceptors (Lipinski definition) is 3. The first-order valence-electron chi connectivity index (χ1n) is 6.92. The molecule has 0 bridgehead atoms. The number of unbranched alkanes of at least 4 members (excludes halogenated alkanes) is 1. The molecule has 1 rings (SSSR count). The van der Waals surface area contributed by atoms with Crippen LogP contribution >= 0.6 is 12.2 Å². The van der Waals surface area contributed by atoms with Gasteiger partial charge in [0.2, 0.25) is 0 Å². The lowest BCUT2D eigenvalue weighted by molar-refractivity contribution is 0.204. The third-order valence-corrected chi connectivity index (χ3v) is 2.99. The summed E-state index contributed by atoms with van der Waals surface area (Å²) in [5.74, 6) is 0. The number of hydrazone groups is 1. The standard InChI is InChI=1S/C15H23N3OS/c1-3-4-10-14(13-8-6-5-7-9-13)17-18-15(20)16-11-12-19-2/h5-9H,3-4,10-12H2,1-2H3,(H2,16,18,20)/b17-14-. The summed E-state index contributed by atoms with van der Waals surface area (Å²) in [6.45, 7) is 3.47. The molecule has 0 aliphatic carbocycles. The van der Waals surface area contributed by atoms with Crippen molar-refractivity contribution in [3.05, 3.63) is 35.9 Å². The fourth-order valence-corrected chi connectivity index (χ4v) is 1.81. The van der Waals surface area contributed by atoms with Crippen molar-refractivity contribution >= 4 is 23.0 Å². The molecular weight excluding hydrogens is 270 g/mol. The van der Waals surface area contributed by atoms with Gasteiger partial charge in [-0.05, 0) is 30.6 Å². The number of benzene rings is 1. The zero-order chi connectivity index (χ0) is 14.6. The van der Waals surface area contributed by atoms with Crippen LogP contribution in [-0.2, 0) is 4.74 Å². The Hall–Kier alpha value is -1.46. The molecule has 0 aliphatic rings. The van der Waals surface area contributed by atoms with Gasteiger partial charge in [-0.15, -0.1) is 0 Å². The van der Waals surface area contributed by atoms with Crippen LogP contribution in [0.3, 0.4) is 0 Å². The average Bonchev–Trinajstić information content (AvgIpc) is 2.48. The van der Waals surface area contributed by atoms with Gasteiger partial charge in [-0.25, -0.2) is 0 Å². The van der Waals surface area contributed by atoms with Gasteiger partial charge in [0.25, 0.3) is 0 Å². The summed E-state index contributed by atoms with van der Waals surface area (Å²) in [6, 6.07) is 10.2. The summed E-state index contributed by atoms with van der Waals surface area (Å²) in [5, 5.41) is 7.99. The van der Waals surface area contributed by atoms with Crippen LogP contribution in [0.25, 0.3) is 0 Å². The molecule has 0 amide bonds. The van der Waals surface area contributed by atoms with Crippen LogP contribution in [0.1, 0.15) is 31.7 Å². The van der Waals surface area contributed by atoms with E-state index in [9.17, 15) is 0 Å². The predicted octanol–water partition coefficient (Wildman–Crippen LogP) is 2.69. The second kappa shape index (κ2) is 10.3. The van der Waals surface area contributed by atoms with Crippen molar-refractivity contribution in [2.75, 3.05) is 20.3 Å². The molecule has 1 aromatic carbocycles. The Balaban J connectivity index is 2.59. The van der Waals surface area contributed by atoms with Crippen molar-refractivity contribution < 1.29 is 4.74 Å². The Morgan fingerprint density at radius 3 is 2.70 bits per heavy atom. The van der Waals surface area contributed by atoms with Crippen LogP contribution in [0, 0.1) is 0 Å². The second-order valence-electron chi connectivity index (χ2n) is 4.39. The van der Waals surface area contributed by atoms with E-state index < -0.39 is 0 Å². The van der Waals surface area contributed by atoms with Crippen molar-refractivity contribution in [2.24, 2.45) is 5.10 Å². The van der Waals surface area contributed by atoms with Crippen LogP contribution in [0.4, 0.5) is 0 Å². The fraction of sp³-hybridized carbons (Fsp3) is 0.467. The number of ether oxygens (including phenoxy) is 1. The minimum atomic E-state index is 0.520. The normalized spacial score (nSPS) is 11.2. The van der Waals surface area contributed by atoms with Gasteiger partial charge in [0.1, 0.15) is 0 Å². The molecule has 110 valence electrons. The van der Waals surface area contributed by atoms with E-state index in [4.69, 9.17) is 17.0 Å². The van der Waals surface area contributed by atoms with Crippen LogP contribution in [-0.4, -0.2) is 31.1 Å². The maximum Gasteiger partial charge on any atom is 0.187 e. The van der Waals surface area contributed by atoms with E-state index in [1.807, 2.05) is 18.2 Å². The maximum atomic E-state index is 5.16. The molecule has 5 heteroatoms. The highest BCUT2D eigenvalue weighted by atomic mass is 32.1. The minimum absolute atomic E-state index is 0.520. The van der Waals surface area contributed by atoms with Crippen LogP contribution in [0.2, 0.25) is 0 Å². The van der Waals surface area contributed by atoms with Crippen molar-refractivity contribution in [3.8, 4) is 0 Å². The minimum Gasteiger partial charge on any atom is -0.383 e. The smallest absolute Gasteiger partial charge is 0.187 e. The largest absolute Gasteiger partial charge is 0.383 e. The molecule has 0 fully saturated rings. The first-order chi connectivity index (χ1) is 9.77. The molecule has 4 nitrogen and oxygen atoms in total. The highest BCUT2D eigenvalue weighted by molar-refractivity contribution is 7.80. The van der Waals surface area contributed by atoms with E-state index in [2.05, 4.69) is 34.9 Å². The molecule has 0 aromatic heterocycles. The topological polar surface area (TPSA) is 45.7 Å². The molecule has 0 spiro atoms. The van der Waals surface area contributed by atoms with Gasteiger partial charge < -0.3 is 10.1 Å². The monoisotopic (exact) mass is 293 g/mol. The highest BCUT2D eigenvalue weighted by Gasteiger charge is 2.03. The molecule has 0 saturated carbocycles. The fourth-order valence-electron chi connectivity index (χ4n) is 1.66. The number of nitrogens with one attached hydrogen (secondary N) is 2. The van der Waals surface area contributed by atoms with E-state index in [1.165, 1.54) is 0 Å². The molecular formula is C15H23N3OS. The number of thiocarbonyl (C=S) groups is 1. The van der Waals surface area contributed by atoms with Gasteiger partial charge in [0.15, 0.2) is 5.11 Å². The second-order valence-corrected chi connectivity index (χ2v) is 4.80. The molecule has 20 heavy (non-hydrogen) atoms. The van der Waals surface area contributed by atoms with Crippen molar-refractivity contribution in [1.82, 2.24) is 10.7 Å². The van der Waals surface area contributed by atoms with E-state index in [0.29, 0.717) is 18.3 Å². The van der Waals surface area contributed by atoms with E-state index in [1.54, 1.807) is 7.11 Å². The Morgan fingerprint density at radius 1 is 1.30 bits per heavy atom. The first-order valence-corrected chi connectivity index (χ1v) is 7.33. The Bertz CT molecular complexity index is 420. The molecule has 0 heterocycles. The Labute approximate surface area is 126 Å². The van der Waals surface area contributed by atoms with Crippen molar-refractivity contribution in [3.63, 3.8) is 0 Å². The Kier molecular flexibility index (Phi) is 8.58. The third-order valence-electron chi connectivity index (χ3n) is 2.76. The molecule has 0 radical (unpaired) electrons. The lowest BCUT2D eigenvalue weighted by Crippen LogP contribution is -2.34. The summed E-state index contributed by atoms with van der Waals surface area (Å²) in [4.78, 5) is 0. The summed E-state index contributed by atoms with van der Waals surface area (Å²) < 4.78 is 4.95. The lowest BCUT2D eigenvalue weighted by Gasteiger charge is -2.09. The first kappa shape index (κ1) is 16.6. The zero-order valence-electron chi connectivity index (χ0n) is 12.2. The number of hydrogen-bond donors (Lipinski definition) is 2. The van der Waals surface area contributed by atoms with Gasteiger partial charge >= 0.3 is 0 Å². The summed E-state index contributed by atoms with van der Waals surface area (Å²) in [7, 11) is 1.66. The summed E-state index contributed by atoms with van der Waals surface area (Å²) in [6.07, 6.45) is 3.19. The van der Waals surface area contributed by atoms with E-state index >= 15 is 0 Å². The molecule has 0 saturated heterocycles. The van der Waals surface area contributed by atoms with Gasteiger partial charge in [0, 0.05) is 13.7 Å². The SMILES string of the molecule is CCCC/C(=N/NC(=S)NCCOC)c1ccccc1. The van der Waals surface area contributed by atoms with E-state index in [-0.39, 0.29) is 0 Å². The molecule has 2 N–H and O–H groups in total. The lowest BCUT2D eigenvalue weighted by atomic mass is 10.1. The Morgan fingerprint density at radius 2 is 2.05 bits per heavy atom. The average molecular weight is 293 g/mol. The van der Waals surface area contributed by atoms with Gasteiger partial charge in [-0.3, -0.25) is 5.43 Å². The predicted molar refractivity (Wildman–Crippen MR) is 88.1 cm³/mol. The molecule has 0 atom stereocenters. The van der Waals surface area contributed by atoms with Gasteiger partial charge in [-0.1, -0.05) is 43.7 Å². The third kappa shape index (κ3) is 6.63. The van der Waals surface area contributed by atoms with Gasteiger partial charge in [-0.2, -0.15) is 5.10 Å². The van der Waals surface area contributed by atoms with Crippen LogP contribution < -0.4 is 10.7 Å². The van der Waals surface area contributed by atoms with E-state index in [0.717, 1.165) is 30.5 Å². The molecule has 1 aromatic rings. The highest BCUT2D eigenvalue weighted by Crippen LogP contribution is 2.07. The molecule has 0 aliphatic heterocycles. The maximum absolute atomic E-state index is 5.16. The van der Waals surface area contributed by atoms with Gasteiger partial charge in [0.05, 0.1) is 12.3 Å². The number of rotatable bonds is 8. The summed E-state index contributed by atoms with van der Waals surface area (Å²) in [5.41, 5.74) is 5.07. The molecule has 0 unspecified atom stereocenters. The zero-order valence-corrected chi connectivity index (χ0v) is 13.0. The van der Waals surface area contributed by atoms with Crippen LogP contribution in [0.15, 0.2) is 35.4 Å². The quantitative estimate of drug-likeness (QED) is 0.335. The number of nitrogens with zero attached hydrogens (tertiary/aromatic N) is 1. The van der Waals surface area contributed by atoms with Crippen molar-refractivity contribution in [1.29, 1.82) is 0 Å².